The summed E-state index contributed by atoms with van der Waals surface area (Å²) >= 11 is 7.33. The summed E-state index contributed by atoms with van der Waals surface area (Å²) in [7, 11) is 0. The van der Waals surface area contributed by atoms with E-state index in [1.807, 2.05) is 11.4 Å². The maximum absolute atomic E-state index is 11.7. The minimum Gasteiger partial charge on any atom is -0.480 e. The number of nitrogens with one attached hydrogen (secondary N) is 1. The number of carbonyl (C=O) groups is 2. The fraction of sp³-hybridized carbons (Fsp3) is 0.333. The van der Waals surface area contributed by atoms with Crippen LogP contribution in [0.25, 0.3) is 0 Å². The van der Waals surface area contributed by atoms with Crippen molar-refractivity contribution in [3.8, 4) is 0 Å². The smallest absolute Gasteiger partial charge is 0.325 e. The summed E-state index contributed by atoms with van der Waals surface area (Å²) in [6.45, 7) is -0.0241. The van der Waals surface area contributed by atoms with Gasteiger partial charge in [-0.1, -0.05) is 16.8 Å². The zero-order chi connectivity index (χ0) is 15.2. The van der Waals surface area contributed by atoms with E-state index in [1.54, 1.807) is 0 Å². The third-order valence-corrected chi connectivity index (χ3v) is 3.91. The molecule has 0 unspecified atom stereocenters. The number of aryl methyl sites for hydroxylation is 1. The average molecular weight is 329 g/mol. The summed E-state index contributed by atoms with van der Waals surface area (Å²) in [5, 5.41) is 21.3. The Bertz CT molecular complexity index is 640. The first-order valence-electron chi connectivity index (χ1n) is 6.13. The van der Waals surface area contributed by atoms with Crippen molar-refractivity contribution in [2.75, 3.05) is 0 Å². The van der Waals surface area contributed by atoms with Gasteiger partial charge in [0.1, 0.15) is 12.2 Å². The molecule has 0 aliphatic rings. The fourth-order valence-electron chi connectivity index (χ4n) is 1.63. The van der Waals surface area contributed by atoms with E-state index in [2.05, 4.69) is 15.6 Å². The molecule has 0 bridgehead atoms. The van der Waals surface area contributed by atoms with Gasteiger partial charge in [-0.25, -0.2) is 4.68 Å². The molecule has 2 heterocycles. The van der Waals surface area contributed by atoms with Gasteiger partial charge in [-0.05, 0) is 12.5 Å². The standard InChI is InChI=1S/C12H13ClN4O3S/c13-8-3-10(21-7-8)1-2-11(18)14-4-9-5-17(16-15-9)6-12(19)20/h3,5,7H,1-2,4,6H2,(H,14,18)(H,19,20). The number of carbonyl (C=O) groups excluding carboxylic acids is 1. The van der Waals surface area contributed by atoms with Crippen LogP contribution in [-0.4, -0.2) is 32.0 Å². The second kappa shape index (κ2) is 7.19. The number of carboxylic acid groups (broad SMARTS) is 1. The van der Waals surface area contributed by atoms with E-state index in [0.29, 0.717) is 23.6 Å². The van der Waals surface area contributed by atoms with Crippen molar-refractivity contribution >= 4 is 34.8 Å². The Balaban J connectivity index is 1.73. The van der Waals surface area contributed by atoms with Gasteiger partial charge in [0.15, 0.2) is 0 Å². The topological polar surface area (TPSA) is 97.1 Å². The molecule has 0 fully saturated rings. The van der Waals surface area contributed by atoms with Gasteiger partial charge in [0.2, 0.25) is 5.91 Å². The van der Waals surface area contributed by atoms with Crippen LogP contribution in [0.2, 0.25) is 5.02 Å². The molecular weight excluding hydrogens is 316 g/mol. The summed E-state index contributed by atoms with van der Waals surface area (Å²) in [6.07, 6.45) is 2.49. The Labute approximate surface area is 129 Å². The minimum atomic E-state index is -0.995. The largest absolute Gasteiger partial charge is 0.480 e. The quantitative estimate of drug-likeness (QED) is 0.799. The van der Waals surface area contributed by atoms with Crippen molar-refractivity contribution in [2.45, 2.75) is 25.9 Å². The number of rotatable bonds is 7. The van der Waals surface area contributed by atoms with Crippen molar-refractivity contribution in [3.63, 3.8) is 0 Å². The number of aromatic nitrogens is 3. The Morgan fingerprint density at radius 2 is 2.29 bits per heavy atom. The van der Waals surface area contributed by atoms with E-state index in [1.165, 1.54) is 22.2 Å². The van der Waals surface area contributed by atoms with Crippen LogP contribution in [0.3, 0.4) is 0 Å². The average Bonchev–Trinajstić information content (AvgIpc) is 3.02. The first kappa shape index (κ1) is 15.5. The molecule has 2 aromatic heterocycles. The number of thiophene rings is 1. The number of nitrogens with zero attached hydrogens (tertiary/aromatic N) is 3. The first-order valence-corrected chi connectivity index (χ1v) is 7.39. The lowest BCUT2D eigenvalue weighted by Gasteiger charge is -2.01. The lowest BCUT2D eigenvalue weighted by Crippen LogP contribution is -2.23. The Hall–Kier alpha value is -1.93. The monoisotopic (exact) mass is 328 g/mol. The highest BCUT2D eigenvalue weighted by molar-refractivity contribution is 7.10. The summed E-state index contributed by atoms with van der Waals surface area (Å²) in [4.78, 5) is 23.2. The van der Waals surface area contributed by atoms with Crippen LogP contribution in [0, 0.1) is 0 Å². The van der Waals surface area contributed by atoms with Crippen molar-refractivity contribution in [3.05, 3.63) is 33.2 Å². The Morgan fingerprint density at radius 1 is 1.48 bits per heavy atom. The van der Waals surface area contributed by atoms with Crippen molar-refractivity contribution in [2.24, 2.45) is 0 Å². The molecule has 2 N–H and O–H groups in total. The predicted molar refractivity (Wildman–Crippen MR) is 77.2 cm³/mol. The second-order valence-electron chi connectivity index (χ2n) is 4.31. The highest BCUT2D eigenvalue weighted by Crippen LogP contribution is 2.20. The molecule has 9 heteroatoms. The van der Waals surface area contributed by atoms with Gasteiger partial charge < -0.3 is 10.4 Å². The fourth-order valence-corrected chi connectivity index (χ4v) is 2.71. The molecule has 112 valence electrons. The van der Waals surface area contributed by atoms with Crippen molar-refractivity contribution < 1.29 is 14.7 Å². The summed E-state index contributed by atoms with van der Waals surface area (Å²) in [5.74, 6) is -1.10. The van der Waals surface area contributed by atoms with Crippen LogP contribution in [0.4, 0.5) is 0 Å². The van der Waals surface area contributed by atoms with Crippen LogP contribution in [0.15, 0.2) is 17.6 Å². The molecule has 0 saturated heterocycles. The lowest BCUT2D eigenvalue weighted by atomic mass is 10.2. The highest BCUT2D eigenvalue weighted by atomic mass is 35.5. The van der Waals surface area contributed by atoms with Crippen LogP contribution in [-0.2, 0) is 29.1 Å². The predicted octanol–water partition coefficient (Wildman–Crippen LogP) is 1.33. The molecule has 0 saturated carbocycles. The summed E-state index contributed by atoms with van der Waals surface area (Å²) in [5.41, 5.74) is 0.517. The molecule has 0 atom stereocenters. The Kier molecular flexibility index (Phi) is 5.29. The molecule has 0 aromatic carbocycles. The van der Waals surface area contributed by atoms with Crippen LogP contribution >= 0.6 is 22.9 Å². The normalized spacial score (nSPS) is 10.5. The number of amides is 1. The lowest BCUT2D eigenvalue weighted by molar-refractivity contribution is -0.138. The molecule has 0 aliphatic heterocycles. The molecule has 0 aliphatic carbocycles. The SMILES string of the molecule is O=C(O)Cn1cc(CNC(=O)CCc2cc(Cl)cs2)nn1. The number of carboxylic acids is 1. The molecular formula is C12H13ClN4O3S. The van der Waals surface area contributed by atoms with Crippen LogP contribution < -0.4 is 5.32 Å². The van der Waals surface area contributed by atoms with Gasteiger partial charge >= 0.3 is 5.97 Å². The third-order valence-electron chi connectivity index (χ3n) is 2.57. The summed E-state index contributed by atoms with van der Waals surface area (Å²) < 4.78 is 1.21. The summed E-state index contributed by atoms with van der Waals surface area (Å²) in [6, 6.07) is 1.84. The van der Waals surface area contributed by atoms with Gasteiger partial charge in [-0.15, -0.1) is 16.4 Å². The molecule has 2 aromatic rings. The second-order valence-corrected chi connectivity index (χ2v) is 5.74. The van der Waals surface area contributed by atoms with Gasteiger partial charge in [0.25, 0.3) is 0 Å². The molecule has 0 spiro atoms. The van der Waals surface area contributed by atoms with E-state index in [9.17, 15) is 9.59 Å². The van der Waals surface area contributed by atoms with E-state index in [-0.39, 0.29) is 19.0 Å². The zero-order valence-corrected chi connectivity index (χ0v) is 12.5. The minimum absolute atomic E-state index is 0.104. The number of aliphatic carboxylic acids is 1. The van der Waals surface area contributed by atoms with E-state index in [4.69, 9.17) is 16.7 Å². The van der Waals surface area contributed by atoms with Gasteiger partial charge in [-0.2, -0.15) is 0 Å². The molecule has 7 nitrogen and oxygen atoms in total. The maximum atomic E-state index is 11.7. The highest BCUT2D eigenvalue weighted by Gasteiger charge is 2.07. The number of hydrogen-bond donors (Lipinski definition) is 2. The van der Waals surface area contributed by atoms with E-state index >= 15 is 0 Å². The van der Waals surface area contributed by atoms with Gasteiger partial charge in [0.05, 0.1) is 17.8 Å². The molecule has 0 radical (unpaired) electrons. The third kappa shape index (κ3) is 5.16. The molecule has 21 heavy (non-hydrogen) atoms. The molecule has 2 rings (SSSR count). The number of halogens is 1. The first-order chi connectivity index (χ1) is 10.0. The number of hydrogen-bond acceptors (Lipinski definition) is 5. The molecule has 1 amide bonds. The maximum Gasteiger partial charge on any atom is 0.325 e. The van der Waals surface area contributed by atoms with Crippen molar-refractivity contribution in [1.29, 1.82) is 0 Å². The van der Waals surface area contributed by atoms with Gasteiger partial charge in [0, 0.05) is 16.7 Å². The van der Waals surface area contributed by atoms with Crippen LogP contribution in [0.5, 0.6) is 0 Å². The van der Waals surface area contributed by atoms with Gasteiger partial charge in [-0.3, -0.25) is 9.59 Å². The van der Waals surface area contributed by atoms with E-state index < -0.39 is 5.97 Å². The van der Waals surface area contributed by atoms with Crippen molar-refractivity contribution in [1.82, 2.24) is 20.3 Å². The van der Waals surface area contributed by atoms with E-state index in [0.717, 1.165) is 4.88 Å². The Morgan fingerprint density at radius 3 is 2.95 bits per heavy atom. The van der Waals surface area contributed by atoms with Crippen LogP contribution in [0.1, 0.15) is 17.0 Å². The zero-order valence-electron chi connectivity index (χ0n) is 11.0.